The number of amides is 2. The number of rotatable bonds is 50. The maximum Gasteiger partial charge on any atom is 0.366 e. The fourth-order valence-electron chi connectivity index (χ4n) is 12.0. The summed E-state index contributed by atoms with van der Waals surface area (Å²) < 4.78 is 40.3. The lowest BCUT2D eigenvalue weighted by molar-refractivity contribution is -0.386. The van der Waals surface area contributed by atoms with E-state index in [4.69, 9.17) is 33.2 Å². The summed E-state index contributed by atoms with van der Waals surface area (Å²) in [6.07, 6.45) is 13.5. The zero-order chi connectivity index (χ0) is 64.7. The second kappa shape index (κ2) is 46.5. The van der Waals surface area contributed by atoms with Crippen molar-refractivity contribution in [1.82, 2.24) is 10.6 Å². The number of nitrogens with one attached hydrogen (secondary N) is 2. The van der Waals surface area contributed by atoms with Crippen LogP contribution < -0.4 is 10.6 Å². The van der Waals surface area contributed by atoms with Crippen molar-refractivity contribution in [1.29, 1.82) is 0 Å². The monoisotopic (exact) mass is 1260 g/mol. The van der Waals surface area contributed by atoms with Crippen molar-refractivity contribution in [2.24, 2.45) is 0 Å². The van der Waals surface area contributed by atoms with E-state index < -0.39 is 155 Å². The van der Waals surface area contributed by atoms with Crippen LogP contribution in [-0.4, -0.2) is 217 Å². The largest absolute Gasteiger partial charge is 0.465 e. The van der Waals surface area contributed by atoms with Crippen LogP contribution in [0.2, 0.25) is 0 Å². The molecule has 13 N–H and O–H groups in total. The predicted molar refractivity (Wildman–Crippen MR) is 329 cm³/mol. The Kier molecular flexibility index (Phi) is 42.1. The number of aliphatic hydroxyl groups excluding tert-OH is 11. The van der Waals surface area contributed by atoms with E-state index >= 15 is 0 Å². The number of carbonyl (C=O) groups excluding carboxylic acids is 3. The highest BCUT2D eigenvalue weighted by atomic mass is 16.8. The Labute approximate surface area is 525 Å². The average Bonchev–Trinajstić information content (AvgIpc) is 0.822. The Morgan fingerprint density at radius 3 is 1.55 bits per heavy atom. The van der Waals surface area contributed by atoms with E-state index in [2.05, 4.69) is 24.5 Å². The standard InChI is InChI=1S/C65H120N2O21/c1-5-7-9-11-13-15-17-19-20-21-22-23-24-25-27-29-31-33-35-37-39-52(75)67-46(47(72)38-36-34-32-30-28-26-18-16-14-12-10-8-6-2)44-83-62-57(79)56(78)59(51(43-70)85-62)86-63-58(80)61(55(77)50(42-69)84-63)88-65(64(81)82-4)40-48(73)53(66-45(3)71)60(87-65)54(76)49(74)41-68/h36,38,46-51,53-63,68-70,72-74,76-80H,5-35,37,39-44H2,1-4H3,(H,66,71)(H,67,75)/b38-36+/t46?,47-,48+,49-,50-,51-,53+,54-,55+,56-,57-,58-,59-,60-,61+,62-,63+,65+/m1/s1. The van der Waals surface area contributed by atoms with Crippen LogP contribution in [0.1, 0.15) is 239 Å². The lowest BCUT2D eigenvalue weighted by Gasteiger charge is -2.51. The minimum Gasteiger partial charge on any atom is -0.465 e. The molecule has 3 rings (SSSR count). The van der Waals surface area contributed by atoms with E-state index in [1.165, 1.54) is 148 Å². The minimum absolute atomic E-state index is 0.211. The van der Waals surface area contributed by atoms with Crippen molar-refractivity contribution in [2.75, 3.05) is 33.5 Å². The third-order valence-electron chi connectivity index (χ3n) is 17.4. The van der Waals surface area contributed by atoms with Gasteiger partial charge < -0.3 is 100.0 Å². The Balaban J connectivity index is 1.62. The van der Waals surface area contributed by atoms with Gasteiger partial charge in [0.1, 0.15) is 67.1 Å². The van der Waals surface area contributed by atoms with Gasteiger partial charge in [-0.3, -0.25) is 9.59 Å². The van der Waals surface area contributed by atoms with Crippen molar-refractivity contribution in [3.05, 3.63) is 12.2 Å². The topological polar surface area (TPSA) is 362 Å². The van der Waals surface area contributed by atoms with Crippen LogP contribution in [0.5, 0.6) is 0 Å². The van der Waals surface area contributed by atoms with Crippen molar-refractivity contribution in [3.63, 3.8) is 0 Å². The van der Waals surface area contributed by atoms with Gasteiger partial charge in [-0.05, 0) is 19.3 Å². The summed E-state index contributed by atoms with van der Waals surface area (Å²) in [5.74, 6) is -5.27. The van der Waals surface area contributed by atoms with E-state index in [0.717, 1.165) is 59.0 Å². The molecule has 0 aromatic rings. The molecule has 23 nitrogen and oxygen atoms in total. The molecule has 0 radical (unpaired) electrons. The molecular weight excluding hydrogens is 1140 g/mol. The Bertz CT molecular complexity index is 1840. The van der Waals surface area contributed by atoms with Crippen LogP contribution in [0.15, 0.2) is 12.2 Å². The minimum atomic E-state index is -2.85. The molecule has 88 heavy (non-hydrogen) atoms. The normalized spacial score (nSPS) is 29.0. The number of unbranched alkanes of at least 4 members (excludes halogenated alkanes) is 30. The van der Waals surface area contributed by atoms with E-state index in [1.807, 2.05) is 6.08 Å². The van der Waals surface area contributed by atoms with E-state index in [9.17, 15) is 70.6 Å². The van der Waals surface area contributed by atoms with E-state index in [0.29, 0.717) is 12.8 Å². The third-order valence-corrected chi connectivity index (χ3v) is 17.4. The summed E-state index contributed by atoms with van der Waals surface area (Å²) in [5, 5.41) is 126. The van der Waals surface area contributed by atoms with Gasteiger partial charge in [-0.15, -0.1) is 0 Å². The Morgan fingerprint density at radius 2 is 1.08 bits per heavy atom. The number of aliphatic hydroxyl groups is 11. The highest BCUT2D eigenvalue weighted by Crippen LogP contribution is 2.39. The lowest BCUT2D eigenvalue weighted by Crippen LogP contribution is -2.71. The van der Waals surface area contributed by atoms with Gasteiger partial charge in [-0.2, -0.15) is 0 Å². The first-order valence-corrected chi connectivity index (χ1v) is 34.0. The molecule has 1 unspecified atom stereocenters. The van der Waals surface area contributed by atoms with Gasteiger partial charge in [0.25, 0.3) is 5.79 Å². The molecule has 0 aliphatic carbocycles. The lowest BCUT2D eigenvalue weighted by atomic mass is 9.88. The molecule has 3 saturated heterocycles. The zero-order valence-corrected chi connectivity index (χ0v) is 53.8. The summed E-state index contributed by atoms with van der Waals surface area (Å²) in [7, 11) is 0.902. The van der Waals surface area contributed by atoms with Crippen LogP contribution in [0.3, 0.4) is 0 Å². The molecular formula is C65H120N2O21. The maximum absolute atomic E-state index is 13.6. The predicted octanol–water partition coefficient (Wildman–Crippen LogP) is 5.20. The Hall–Kier alpha value is -2.53. The van der Waals surface area contributed by atoms with Crippen LogP contribution in [0.4, 0.5) is 0 Å². The van der Waals surface area contributed by atoms with Crippen molar-refractivity contribution >= 4 is 17.8 Å². The molecule has 3 aliphatic rings. The maximum atomic E-state index is 13.6. The SMILES string of the molecule is CCCCCCCCCCCCC/C=C/[C@@H](O)C(CO[C@@H]1O[C@H](CO)[C@@H](O[C@@H]2O[C@H](CO)[C@H](O)[C@H](O[C@]3(C(=O)OC)C[C@H](O)[C@H](NC(C)=O)[C@H]([C@H](O)[C@H](O)CO)O3)[C@H]2O)[C@H](O)[C@H]1O)NC(=O)CCCCCCCCCCCCCCCCCCCCCC. The van der Waals surface area contributed by atoms with Gasteiger partial charge in [0, 0.05) is 19.8 Å². The van der Waals surface area contributed by atoms with Crippen LogP contribution in [0.25, 0.3) is 0 Å². The number of hydrogen-bond donors (Lipinski definition) is 13. The van der Waals surface area contributed by atoms with Crippen LogP contribution in [0, 0.1) is 0 Å². The molecule has 3 aliphatic heterocycles. The summed E-state index contributed by atoms with van der Waals surface area (Å²) in [4.78, 5) is 39.2. The number of allylic oxidation sites excluding steroid dienone is 1. The molecule has 3 heterocycles. The summed E-state index contributed by atoms with van der Waals surface area (Å²) in [6.45, 7) is 2.26. The molecule has 0 saturated carbocycles. The van der Waals surface area contributed by atoms with Crippen molar-refractivity contribution < 1.29 is 104 Å². The molecule has 18 atom stereocenters. The number of hydrogen-bond acceptors (Lipinski definition) is 21. The number of ether oxygens (including phenoxy) is 7. The molecule has 0 spiro atoms. The fourth-order valence-corrected chi connectivity index (χ4v) is 12.0. The Morgan fingerprint density at radius 1 is 0.602 bits per heavy atom. The third kappa shape index (κ3) is 28.8. The second-order valence-corrected chi connectivity index (χ2v) is 24.9. The van der Waals surface area contributed by atoms with Gasteiger partial charge in [-0.25, -0.2) is 4.79 Å². The van der Waals surface area contributed by atoms with Crippen LogP contribution >= 0.6 is 0 Å². The summed E-state index contributed by atoms with van der Waals surface area (Å²) >= 11 is 0. The fraction of sp³-hybridized carbons (Fsp3) is 0.923. The molecule has 0 aromatic carbocycles. The first-order chi connectivity index (χ1) is 42.4. The first kappa shape index (κ1) is 79.7. The number of methoxy groups -OCH3 is 1. The average molecular weight is 1270 g/mol. The highest BCUT2D eigenvalue weighted by molar-refractivity contribution is 5.78. The molecule has 3 fully saturated rings. The zero-order valence-electron chi connectivity index (χ0n) is 53.8. The van der Waals surface area contributed by atoms with Gasteiger partial charge in [0.15, 0.2) is 12.6 Å². The van der Waals surface area contributed by atoms with Gasteiger partial charge >= 0.3 is 5.97 Å². The number of esters is 1. The molecule has 0 aromatic heterocycles. The van der Waals surface area contributed by atoms with Gasteiger partial charge in [0.2, 0.25) is 11.8 Å². The van der Waals surface area contributed by atoms with Crippen molar-refractivity contribution in [2.45, 2.75) is 349 Å². The quantitative estimate of drug-likeness (QED) is 0.0211. The van der Waals surface area contributed by atoms with E-state index in [-0.39, 0.29) is 12.3 Å². The molecule has 516 valence electrons. The molecule has 0 bridgehead atoms. The van der Waals surface area contributed by atoms with Gasteiger partial charge in [0.05, 0.1) is 57.8 Å². The van der Waals surface area contributed by atoms with Crippen LogP contribution in [-0.2, 0) is 47.5 Å². The van der Waals surface area contributed by atoms with Gasteiger partial charge in [-0.1, -0.05) is 212 Å². The molecule has 23 heteroatoms. The number of carbonyl (C=O) groups is 3. The summed E-state index contributed by atoms with van der Waals surface area (Å²) in [6, 6.07) is -2.55. The summed E-state index contributed by atoms with van der Waals surface area (Å²) in [5.41, 5.74) is 0. The smallest absolute Gasteiger partial charge is 0.366 e. The second-order valence-electron chi connectivity index (χ2n) is 24.9. The van der Waals surface area contributed by atoms with Crippen molar-refractivity contribution in [3.8, 4) is 0 Å². The first-order valence-electron chi connectivity index (χ1n) is 34.0. The molecule has 2 amide bonds. The van der Waals surface area contributed by atoms with E-state index in [1.54, 1.807) is 6.08 Å². The highest BCUT2D eigenvalue weighted by Gasteiger charge is 2.60.